The number of alkyl halides is 5. The first-order chi connectivity index (χ1) is 23.9. The Labute approximate surface area is 289 Å². The maximum absolute atomic E-state index is 13.8. The highest BCUT2D eigenvalue weighted by Gasteiger charge is 2.60. The van der Waals surface area contributed by atoms with Crippen molar-refractivity contribution in [2.75, 3.05) is 31.5 Å². The summed E-state index contributed by atoms with van der Waals surface area (Å²) in [6.45, 7) is 0.564. The van der Waals surface area contributed by atoms with Gasteiger partial charge in [-0.25, -0.2) is 23.4 Å². The molecule has 4 aliphatic rings. The number of urea groups is 1. The minimum Gasteiger partial charge on any atom is -0.465 e. The zero-order chi connectivity index (χ0) is 36.7. The van der Waals surface area contributed by atoms with Crippen LogP contribution in [0.4, 0.5) is 37.2 Å². The van der Waals surface area contributed by atoms with Crippen LogP contribution in [-0.4, -0.2) is 114 Å². The molecule has 51 heavy (non-hydrogen) atoms. The Hall–Kier alpha value is -4.98. The summed E-state index contributed by atoms with van der Waals surface area (Å²) in [7, 11) is 1.29. The number of hydrogen-bond donors (Lipinski definition) is 5. The summed E-state index contributed by atoms with van der Waals surface area (Å²) in [4.78, 5) is 56.4. The molecule has 0 spiro atoms. The van der Waals surface area contributed by atoms with E-state index in [1.54, 1.807) is 4.90 Å². The Kier molecular flexibility index (Phi) is 8.16. The lowest BCUT2D eigenvalue weighted by Crippen LogP contribution is -2.50. The summed E-state index contributed by atoms with van der Waals surface area (Å²) in [5.41, 5.74) is -1.85. The fourth-order valence-corrected chi connectivity index (χ4v) is 7.01. The van der Waals surface area contributed by atoms with Gasteiger partial charge in [0.25, 0.3) is 17.7 Å². The van der Waals surface area contributed by atoms with Crippen LogP contribution < -0.4 is 16.0 Å². The molecule has 5 N–H and O–H groups in total. The summed E-state index contributed by atoms with van der Waals surface area (Å²) < 4.78 is 70.1. The van der Waals surface area contributed by atoms with Gasteiger partial charge < -0.3 is 40.5 Å². The number of aliphatic hydroxyl groups excluding tert-OH is 1. The number of likely N-dealkylation sites (tertiary alicyclic amines) is 2. The van der Waals surface area contributed by atoms with Crippen molar-refractivity contribution in [1.29, 1.82) is 0 Å². The lowest BCUT2D eigenvalue weighted by atomic mass is 10.2. The summed E-state index contributed by atoms with van der Waals surface area (Å²) in [5, 5.41) is 30.6. The molecule has 272 valence electrons. The molecule has 7 rings (SSSR count). The molecular formula is C30H29ClF5N9O6. The number of aromatic nitrogens is 4. The zero-order valence-electron chi connectivity index (χ0n) is 26.4. The van der Waals surface area contributed by atoms with Crippen LogP contribution in [0, 0.1) is 11.8 Å². The van der Waals surface area contributed by atoms with Gasteiger partial charge in [0, 0.05) is 62.9 Å². The average molecular weight is 742 g/mol. The molecule has 4 heterocycles. The lowest BCUT2D eigenvalue weighted by Gasteiger charge is -2.24. The molecule has 3 aromatic rings. The van der Waals surface area contributed by atoms with Gasteiger partial charge in [0.15, 0.2) is 11.5 Å². The number of β-amino-alcohol motifs (C(OH)–C–C–N with tert-alkyl or cyclic N) is 1. The van der Waals surface area contributed by atoms with Crippen molar-refractivity contribution < 1.29 is 51.3 Å². The molecule has 2 saturated heterocycles. The standard InChI is InChI=1S/C30H29ClF5N9O6/c1-42-19(16-9-45(21-5-29(21,32)33)41-23(16)30(34,35)36)6-37-24(42)26(48)38-12-2-3-13(17(31)4-12)25(47)40-22-14-7-43(8-15(14)22)27(49)39-18-10-44(28(50)51)11-20(18)46/h2-4,6,9,14-15,18,20-22,46H,5,7-8,10-11H2,1H3,(H,38,48)(H,39,49)(H,40,47)(H,50,51)/t14-,15+,18-,20-,21-,22?/m0/s1. The Bertz CT molecular complexity index is 1940. The van der Waals surface area contributed by atoms with Gasteiger partial charge in [-0.2, -0.15) is 18.3 Å². The number of nitrogens with zero attached hydrogens (tertiary/aromatic N) is 6. The van der Waals surface area contributed by atoms with E-state index in [2.05, 4.69) is 26.0 Å². The number of aliphatic hydroxyl groups is 1. The van der Waals surface area contributed by atoms with Crippen molar-refractivity contribution in [1.82, 2.24) is 39.8 Å². The Morgan fingerprint density at radius 1 is 1.02 bits per heavy atom. The van der Waals surface area contributed by atoms with Crippen LogP contribution in [0.2, 0.25) is 5.02 Å². The third-order valence-corrected chi connectivity index (χ3v) is 10.0. The monoisotopic (exact) mass is 741 g/mol. The molecule has 2 aliphatic carbocycles. The van der Waals surface area contributed by atoms with E-state index in [0.29, 0.717) is 17.8 Å². The molecule has 0 radical (unpaired) electrons. The van der Waals surface area contributed by atoms with E-state index >= 15 is 0 Å². The van der Waals surface area contributed by atoms with Gasteiger partial charge in [-0.15, -0.1) is 0 Å². The highest BCUT2D eigenvalue weighted by molar-refractivity contribution is 6.34. The average Bonchev–Trinajstić information content (AvgIpc) is 3.50. The molecule has 5 amide bonds. The number of carbonyl (C=O) groups is 4. The van der Waals surface area contributed by atoms with Gasteiger partial charge in [-0.1, -0.05) is 11.6 Å². The molecular weight excluding hydrogens is 713 g/mol. The first kappa shape index (κ1) is 34.5. The number of imidazole rings is 1. The van der Waals surface area contributed by atoms with Gasteiger partial charge in [0.2, 0.25) is 0 Å². The summed E-state index contributed by atoms with van der Waals surface area (Å²) in [5.74, 6) is -4.81. The van der Waals surface area contributed by atoms with Gasteiger partial charge in [-0.05, 0) is 18.2 Å². The SMILES string of the molecule is Cn1c(-c2cn([C@H]3CC3(F)F)nc2C(F)(F)F)cnc1C(=O)Nc1ccc(C(=O)NC2[C@H]3CN(C(=O)N[C@H]4CN(C(=O)O)C[C@@H]4O)C[C@@H]23)c(Cl)c1. The normalized spacial score (nSPS) is 26.1. The number of amides is 5. The quantitative estimate of drug-likeness (QED) is 0.229. The van der Waals surface area contributed by atoms with E-state index in [1.807, 2.05) is 0 Å². The van der Waals surface area contributed by atoms with E-state index in [1.165, 1.54) is 25.2 Å². The minimum atomic E-state index is -4.97. The third kappa shape index (κ3) is 6.41. The molecule has 0 bridgehead atoms. The largest absolute Gasteiger partial charge is 0.465 e. The number of benzene rings is 1. The predicted octanol–water partition coefficient (Wildman–Crippen LogP) is 2.88. The second-order valence-electron chi connectivity index (χ2n) is 13.1. The molecule has 2 saturated carbocycles. The Morgan fingerprint density at radius 2 is 1.71 bits per heavy atom. The van der Waals surface area contributed by atoms with Crippen LogP contribution in [0.5, 0.6) is 0 Å². The fourth-order valence-electron chi connectivity index (χ4n) is 6.74. The van der Waals surface area contributed by atoms with E-state index in [9.17, 15) is 46.2 Å². The number of halogens is 6. The molecule has 2 aliphatic heterocycles. The van der Waals surface area contributed by atoms with Crippen molar-refractivity contribution in [2.24, 2.45) is 18.9 Å². The summed E-state index contributed by atoms with van der Waals surface area (Å²) in [6, 6.07) is 1.19. The van der Waals surface area contributed by atoms with Crippen LogP contribution in [0.15, 0.2) is 30.6 Å². The number of carbonyl (C=O) groups excluding carboxylic acids is 3. The molecule has 1 aromatic carbocycles. The number of fused-ring (bicyclic) bond motifs is 1. The van der Waals surface area contributed by atoms with Crippen LogP contribution in [0.3, 0.4) is 0 Å². The van der Waals surface area contributed by atoms with Crippen molar-refractivity contribution in [3.8, 4) is 11.3 Å². The van der Waals surface area contributed by atoms with Crippen LogP contribution in [0.1, 0.15) is 39.1 Å². The zero-order valence-corrected chi connectivity index (χ0v) is 27.1. The summed E-state index contributed by atoms with van der Waals surface area (Å²) >= 11 is 6.37. The van der Waals surface area contributed by atoms with Gasteiger partial charge in [0.1, 0.15) is 6.04 Å². The first-order valence-electron chi connectivity index (χ1n) is 15.6. The van der Waals surface area contributed by atoms with Crippen LogP contribution in [0.25, 0.3) is 11.3 Å². The van der Waals surface area contributed by atoms with E-state index in [4.69, 9.17) is 16.7 Å². The fraction of sp³-hybridized carbons (Fsp3) is 0.467. The first-order valence-corrected chi connectivity index (χ1v) is 16.0. The summed E-state index contributed by atoms with van der Waals surface area (Å²) in [6.07, 6.45) is -5.95. The van der Waals surface area contributed by atoms with Crippen molar-refractivity contribution in [3.05, 3.63) is 52.7 Å². The number of piperidine rings is 1. The van der Waals surface area contributed by atoms with Gasteiger partial charge in [-0.3, -0.25) is 14.3 Å². The van der Waals surface area contributed by atoms with Crippen molar-refractivity contribution >= 4 is 41.2 Å². The third-order valence-electron chi connectivity index (χ3n) is 9.70. The maximum atomic E-state index is 13.8. The van der Waals surface area contributed by atoms with Crippen molar-refractivity contribution in [2.45, 2.75) is 42.7 Å². The Morgan fingerprint density at radius 3 is 2.29 bits per heavy atom. The van der Waals surface area contributed by atoms with E-state index in [-0.39, 0.29) is 58.8 Å². The number of rotatable bonds is 7. The predicted molar refractivity (Wildman–Crippen MR) is 165 cm³/mol. The molecule has 6 atom stereocenters. The van der Waals surface area contributed by atoms with E-state index < -0.39 is 71.9 Å². The highest BCUT2D eigenvalue weighted by atomic mass is 35.5. The number of hydrogen-bond acceptors (Lipinski definition) is 7. The van der Waals surface area contributed by atoms with Crippen molar-refractivity contribution in [3.63, 3.8) is 0 Å². The second-order valence-corrected chi connectivity index (χ2v) is 13.5. The minimum absolute atomic E-state index is 0.0118. The van der Waals surface area contributed by atoms with Gasteiger partial charge >= 0.3 is 18.3 Å². The number of anilines is 1. The van der Waals surface area contributed by atoms with Crippen LogP contribution >= 0.6 is 11.6 Å². The molecule has 15 nitrogen and oxygen atoms in total. The highest BCUT2D eigenvalue weighted by Crippen LogP contribution is 2.53. The molecule has 21 heteroatoms. The number of nitrogens with one attached hydrogen (secondary N) is 3. The molecule has 1 unspecified atom stereocenters. The Balaban J connectivity index is 0.944. The molecule has 2 aromatic heterocycles. The topological polar surface area (TPSA) is 187 Å². The van der Waals surface area contributed by atoms with E-state index in [0.717, 1.165) is 21.9 Å². The lowest BCUT2D eigenvalue weighted by molar-refractivity contribution is -0.141. The maximum Gasteiger partial charge on any atom is 0.435 e. The smallest absolute Gasteiger partial charge is 0.435 e. The number of carboxylic acid groups (broad SMARTS) is 1. The van der Waals surface area contributed by atoms with Gasteiger partial charge in [0.05, 0.1) is 46.7 Å². The second kappa shape index (κ2) is 12.1. The molecule has 4 fully saturated rings. The van der Waals surface area contributed by atoms with Crippen LogP contribution in [-0.2, 0) is 13.2 Å².